The predicted molar refractivity (Wildman–Crippen MR) is 63.4 cm³/mol. The van der Waals surface area contributed by atoms with Crippen LogP contribution in [0.1, 0.15) is 16.7 Å². The van der Waals surface area contributed by atoms with Crippen molar-refractivity contribution in [1.29, 1.82) is 0 Å². The minimum atomic E-state index is -4.32. The molecule has 88 valence electrons. The molecule has 1 aliphatic rings. The molecule has 0 unspecified atom stereocenters. The normalized spacial score (nSPS) is 17.1. The molecule has 0 fully saturated rings. The lowest BCUT2D eigenvalue weighted by Crippen LogP contribution is -2.05. The van der Waals surface area contributed by atoms with Crippen LogP contribution < -0.4 is 0 Å². The van der Waals surface area contributed by atoms with Crippen LogP contribution in [-0.2, 0) is 6.18 Å². The SMILES string of the molecule is FC(F)(F)c1ccc2c(c1)C=C/C(=C/Cl)C=C2. The van der Waals surface area contributed by atoms with Gasteiger partial charge in [0, 0.05) is 5.54 Å². The summed E-state index contributed by atoms with van der Waals surface area (Å²) in [6.07, 6.45) is 2.48. The highest BCUT2D eigenvalue weighted by Crippen LogP contribution is 2.32. The summed E-state index contributed by atoms with van der Waals surface area (Å²) < 4.78 is 37.6. The van der Waals surface area contributed by atoms with E-state index in [0.29, 0.717) is 5.56 Å². The van der Waals surface area contributed by atoms with Crippen molar-refractivity contribution in [2.75, 3.05) is 0 Å². The Kier molecular flexibility index (Phi) is 3.11. The Morgan fingerprint density at radius 2 is 1.59 bits per heavy atom. The van der Waals surface area contributed by atoms with E-state index in [-0.39, 0.29) is 0 Å². The Balaban J connectivity index is 2.50. The zero-order chi connectivity index (χ0) is 12.5. The van der Waals surface area contributed by atoms with E-state index in [1.165, 1.54) is 11.6 Å². The van der Waals surface area contributed by atoms with Gasteiger partial charge in [0.1, 0.15) is 0 Å². The van der Waals surface area contributed by atoms with Gasteiger partial charge in [0.15, 0.2) is 0 Å². The van der Waals surface area contributed by atoms with Gasteiger partial charge in [-0.1, -0.05) is 42.0 Å². The second kappa shape index (κ2) is 4.41. The molecule has 0 aromatic heterocycles. The summed E-state index contributed by atoms with van der Waals surface area (Å²) in [5, 5.41) is 0. The minimum absolute atomic E-state index is 0.532. The smallest absolute Gasteiger partial charge is 0.166 e. The van der Waals surface area contributed by atoms with Gasteiger partial charge in [0.2, 0.25) is 0 Å². The molecule has 1 aliphatic carbocycles. The number of hydrogen-bond donors (Lipinski definition) is 0. The molecule has 17 heavy (non-hydrogen) atoms. The zero-order valence-electron chi connectivity index (χ0n) is 8.63. The first kappa shape index (κ1) is 12.0. The summed E-state index contributed by atoms with van der Waals surface area (Å²) in [5.74, 6) is 0. The fourth-order valence-corrected chi connectivity index (χ4v) is 1.69. The van der Waals surface area contributed by atoms with Crippen molar-refractivity contribution in [1.82, 2.24) is 0 Å². The van der Waals surface area contributed by atoms with E-state index in [4.69, 9.17) is 11.6 Å². The minimum Gasteiger partial charge on any atom is -0.166 e. The van der Waals surface area contributed by atoms with Crippen molar-refractivity contribution >= 4 is 23.8 Å². The van der Waals surface area contributed by atoms with Crippen LogP contribution in [0.3, 0.4) is 0 Å². The van der Waals surface area contributed by atoms with Gasteiger partial charge in [-0.2, -0.15) is 13.2 Å². The third kappa shape index (κ3) is 2.61. The van der Waals surface area contributed by atoms with Crippen LogP contribution in [-0.4, -0.2) is 0 Å². The molecule has 0 amide bonds. The number of alkyl halides is 3. The van der Waals surface area contributed by atoms with Crippen molar-refractivity contribution in [2.24, 2.45) is 0 Å². The first-order valence-corrected chi connectivity index (χ1v) is 5.32. The zero-order valence-corrected chi connectivity index (χ0v) is 9.39. The van der Waals surface area contributed by atoms with Crippen molar-refractivity contribution < 1.29 is 13.2 Å². The molecule has 4 heteroatoms. The third-order valence-corrected chi connectivity index (χ3v) is 2.70. The van der Waals surface area contributed by atoms with Crippen molar-refractivity contribution in [3.05, 3.63) is 58.1 Å². The van der Waals surface area contributed by atoms with Gasteiger partial charge in [0.05, 0.1) is 5.56 Å². The van der Waals surface area contributed by atoms with Crippen LogP contribution in [0.2, 0.25) is 0 Å². The van der Waals surface area contributed by atoms with Gasteiger partial charge < -0.3 is 0 Å². The number of hydrogen-bond acceptors (Lipinski definition) is 0. The van der Waals surface area contributed by atoms with E-state index in [2.05, 4.69) is 0 Å². The predicted octanol–water partition coefficient (Wildman–Crippen LogP) is 4.87. The van der Waals surface area contributed by atoms with Gasteiger partial charge >= 0.3 is 6.18 Å². The molecule has 0 bridgehead atoms. The molecule has 0 radical (unpaired) electrons. The molecule has 0 N–H and O–H groups in total. The van der Waals surface area contributed by atoms with Gasteiger partial charge in [-0.25, -0.2) is 0 Å². The molecule has 0 heterocycles. The Morgan fingerprint density at radius 3 is 2.18 bits per heavy atom. The second-order valence-electron chi connectivity index (χ2n) is 3.62. The summed E-state index contributed by atoms with van der Waals surface area (Å²) >= 11 is 5.56. The van der Waals surface area contributed by atoms with Crippen LogP contribution >= 0.6 is 11.6 Å². The Morgan fingerprint density at radius 1 is 0.941 bits per heavy atom. The van der Waals surface area contributed by atoms with Gasteiger partial charge in [-0.3, -0.25) is 0 Å². The Labute approximate surface area is 102 Å². The van der Waals surface area contributed by atoms with Crippen LogP contribution in [0.4, 0.5) is 13.2 Å². The molecule has 0 atom stereocenters. The lowest BCUT2D eigenvalue weighted by molar-refractivity contribution is -0.137. The first-order chi connectivity index (χ1) is 8.00. The molecule has 0 saturated carbocycles. The highest BCUT2D eigenvalue weighted by Gasteiger charge is 2.30. The molecule has 1 aromatic rings. The summed E-state index contributed by atoms with van der Waals surface area (Å²) in [6.45, 7) is 0. The third-order valence-electron chi connectivity index (χ3n) is 2.45. The van der Waals surface area contributed by atoms with E-state index in [0.717, 1.165) is 23.3 Å². The molecular weight excluding hydrogens is 249 g/mol. The van der Waals surface area contributed by atoms with E-state index in [1.807, 2.05) is 0 Å². The van der Waals surface area contributed by atoms with Crippen LogP contribution in [0, 0.1) is 0 Å². The molecule has 0 spiro atoms. The summed E-state index contributed by atoms with van der Waals surface area (Å²) in [6, 6.07) is 3.66. The quantitative estimate of drug-likeness (QED) is 0.621. The topological polar surface area (TPSA) is 0 Å². The lowest BCUT2D eigenvalue weighted by Gasteiger charge is -2.08. The maximum atomic E-state index is 12.5. The number of rotatable bonds is 0. The summed E-state index contributed by atoms with van der Waals surface area (Å²) in [7, 11) is 0. The largest absolute Gasteiger partial charge is 0.416 e. The van der Waals surface area contributed by atoms with E-state index < -0.39 is 11.7 Å². The fraction of sp³-hybridized carbons (Fsp3) is 0.0769. The van der Waals surface area contributed by atoms with E-state index in [1.54, 1.807) is 24.3 Å². The van der Waals surface area contributed by atoms with Gasteiger partial charge in [-0.05, 0) is 28.8 Å². The highest BCUT2D eigenvalue weighted by molar-refractivity contribution is 6.26. The molecule has 2 rings (SSSR count). The number of allylic oxidation sites excluding steroid dienone is 3. The maximum absolute atomic E-state index is 12.5. The Bertz CT molecular complexity index is 522. The molecular formula is C13H8ClF3. The monoisotopic (exact) mass is 256 g/mol. The van der Waals surface area contributed by atoms with E-state index >= 15 is 0 Å². The van der Waals surface area contributed by atoms with Crippen LogP contribution in [0.25, 0.3) is 12.2 Å². The molecule has 0 saturated heterocycles. The van der Waals surface area contributed by atoms with Gasteiger partial charge in [0.25, 0.3) is 0 Å². The second-order valence-corrected chi connectivity index (χ2v) is 3.84. The van der Waals surface area contributed by atoms with Crippen molar-refractivity contribution in [2.45, 2.75) is 6.18 Å². The highest BCUT2D eigenvalue weighted by atomic mass is 35.5. The Hall–Kier alpha value is -1.48. The average molecular weight is 257 g/mol. The van der Waals surface area contributed by atoms with Crippen LogP contribution in [0.5, 0.6) is 0 Å². The summed E-state index contributed by atoms with van der Waals surface area (Å²) in [5.41, 5.74) is 2.75. The number of benzene rings is 1. The summed E-state index contributed by atoms with van der Waals surface area (Å²) in [4.78, 5) is 0. The standard InChI is InChI=1S/C13H8ClF3/c14-8-9-1-3-10-5-6-12(13(15,16)17)7-11(10)4-2-9/h1-8H/b9-8+. The van der Waals surface area contributed by atoms with Crippen molar-refractivity contribution in [3.63, 3.8) is 0 Å². The fourth-order valence-electron chi connectivity index (χ4n) is 1.55. The number of halogens is 4. The van der Waals surface area contributed by atoms with Crippen molar-refractivity contribution in [3.8, 4) is 0 Å². The van der Waals surface area contributed by atoms with Crippen LogP contribution in [0.15, 0.2) is 41.5 Å². The van der Waals surface area contributed by atoms with E-state index in [9.17, 15) is 13.2 Å². The average Bonchev–Trinajstić information content (AvgIpc) is 2.48. The molecule has 1 aromatic carbocycles. The maximum Gasteiger partial charge on any atom is 0.416 e. The lowest BCUT2D eigenvalue weighted by atomic mass is 10.0. The number of fused-ring (bicyclic) bond motifs is 1. The molecule has 0 nitrogen and oxygen atoms in total. The first-order valence-electron chi connectivity index (χ1n) is 4.88. The van der Waals surface area contributed by atoms with Gasteiger partial charge in [-0.15, -0.1) is 0 Å². The molecule has 0 aliphatic heterocycles.